The predicted octanol–water partition coefficient (Wildman–Crippen LogP) is 4.97. The number of likely N-dealkylation sites (tertiary alicyclic amines) is 1. The SMILES string of the molecule is CCn1c(CN2CCC(CCOc3ccc(C#N)cc3)CC2)c(Br)c(=O)n1-c1ccccc1. The minimum Gasteiger partial charge on any atom is -0.494 e. The molecule has 1 aliphatic heterocycles. The number of rotatable bonds is 8. The summed E-state index contributed by atoms with van der Waals surface area (Å²) in [6.07, 6.45) is 3.29. The van der Waals surface area contributed by atoms with Crippen LogP contribution in [0, 0.1) is 17.2 Å². The van der Waals surface area contributed by atoms with Crippen LogP contribution >= 0.6 is 15.9 Å². The van der Waals surface area contributed by atoms with Crippen molar-refractivity contribution in [2.75, 3.05) is 19.7 Å². The van der Waals surface area contributed by atoms with Crippen LogP contribution < -0.4 is 10.3 Å². The molecule has 4 rings (SSSR count). The van der Waals surface area contributed by atoms with Crippen molar-refractivity contribution < 1.29 is 4.74 Å². The molecule has 0 N–H and O–H groups in total. The van der Waals surface area contributed by atoms with Crippen molar-refractivity contribution in [3.05, 3.63) is 80.7 Å². The molecule has 0 saturated carbocycles. The summed E-state index contributed by atoms with van der Waals surface area (Å²) < 4.78 is 10.4. The van der Waals surface area contributed by atoms with Crippen LogP contribution in [0.3, 0.4) is 0 Å². The van der Waals surface area contributed by atoms with Gasteiger partial charge in [0.05, 0.1) is 29.6 Å². The van der Waals surface area contributed by atoms with Crippen molar-refractivity contribution in [3.8, 4) is 17.5 Å². The number of nitriles is 1. The number of piperidine rings is 1. The van der Waals surface area contributed by atoms with E-state index < -0.39 is 0 Å². The number of hydrogen-bond donors (Lipinski definition) is 0. The van der Waals surface area contributed by atoms with Gasteiger partial charge < -0.3 is 4.74 Å². The summed E-state index contributed by atoms with van der Waals surface area (Å²) in [5, 5.41) is 8.89. The molecule has 1 fully saturated rings. The molecule has 1 aromatic heterocycles. The highest BCUT2D eigenvalue weighted by Crippen LogP contribution is 2.25. The maximum absolute atomic E-state index is 13.0. The van der Waals surface area contributed by atoms with Crippen LogP contribution in [0.2, 0.25) is 0 Å². The fourth-order valence-electron chi connectivity index (χ4n) is 4.48. The first-order valence-corrected chi connectivity index (χ1v) is 12.3. The Bertz CT molecular complexity index is 1150. The summed E-state index contributed by atoms with van der Waals surface area (Å²) in [4.78, 5) is 15.4. The van der Waals surface area contributed by atoms with Crippen molar-refractivity contribution in [3.63, 3.8) is 0 Å². The quantitative estimate of drug-likeness (QED) is 0.430. The molecular formula is C26H29BrN4O2. The molecule has 2 heterocycles. The van der Waals surface area contributed by atoms with Crippen molar-refractivity contribution in [1.82, 2.24) is 14.3 Å². The molecule has 0 bridgehead atoms. The van der Waals surface area contributed by atoms with Gasteiger partial charge in [-0.2, -0.15) is 5.26 Å². The zero-order chi connectivity index (χ0) is 23.2. The van der Waals surface area contributed by atoms with Gasteiger partial charge in [0.2, 0.25) is 0 Å². The third kappa shape index (κ3) is 5.40. The molecule has 0 unspecified atom stereocenters. The normalized spacial score (nSPS) is 14.8. The van der Waals surface area contributed by atoms with Crippen molar-refractivity contribution >= 4 is 15.9 Å². The third-order valence-electron chi connectivity index (χ3n) is 6.35. The second-order valence-corrected chi connectivity index (χ2v) is 9.21. The minimum absolute atomic E-state index is 0.00659. The molecule has 1 aliphatic rings. The smallest absolute Gasteiger partial charge is 0.286 e. The van der Waals surface area contributed by atoms with Gasteiger partial charge in [-0.15, -0.1) is 0 Å². The molecular weight excluding hydrogens is 480 g/mol. The van der Waals surface area contributed by atoms with Gasteiger partial charge in [0, 0.05) is 13.1 Å². The van der Waals surface area contributed by atoms with Crippen LogP contribution in [-0.2, 0) is 13.1 Å². The molecule has 0 atom stereocenters. The van der Waals surface area contributed by atoms with Crippen molar-refractivity contribution in [1.29, 1.82) is 5.26 Å². The lowest BCUT2D eigenvalue weighted by atomic mass is 9.94. The highest BCUT2D eigenvalue weighted by molar-refractivity contribution is 9.10. The highest BCUT2D eigenvalue weighted by Gasteiger charge is 2.24. The Labute approximate surface area is 203 Å². The number of nitrogens with zero attached hydrogens (tertiary/aromatic N) is 4. The van der Waals surface area contributed by atoms with Gasteiger partial charge in [0.1, 0.15) is 10.2 Å². The monoisotopic (exact) mass is 508 g/mol. The summed E-state index contributed by atoms with van der Waals surface area (Å²) in [5.41, 5.74) is 2.56. The number of aromatic nitrogens is 2. The summed E-state index contributed by atoms with van der Waals surface area (Å²) in [5.74, 6) is 1.46. The lowest BCUT2D eigenvalue weighted by Gasteiger charge is -2.32. The van der Waals surface area contributed by atoms with E-state index in [2.05, 4.69) is 38.5 Å². The second-order valence-electron chi connectivity index (χ2n) is 8.42. The fourth-order valence-corrected chi connectivity index (χ4v) is 4.98. The van der Waals surface area contributed by atoms with E-state index in [4.69, 9.17) is 10.00 Å². The largest absolute Gasteiger partial charge is 0.494 e. The van der Waals surface area contributed by atoms with E-state index in [0.717, 1.165) is 62.6 Å². The van der Waals surface area contributed by atoms with E-state index in [1.165, 1.54) is 0 Å². The van der Waals surface area contributed by atoms with E-state index >= 15 is 0 Å². The first-order chi connectivity index (χ1) is 16.1. The summed E-state index contributed by atoms with van der Waals surface area (Å²) in [7, 11) is 0. The minimum atomic E-state index is -0.00659. The Balaban J connectivity index is 1.33. The van der Waals surface area contributed by atoms with Gasteiger partial charge in [-0.3, -0.25) is 14.4 Å². The number of hydrogen-bond acceptors (Lipinski definition) is 4. The van der Waals surface area contributed by atoms with Crippen molar-refractivity contribution in [2.24, 2.45) is 5.92 Å². The number of halogens is 1. The molecule has 0 radical (unpaired) electrons. The highest BCUT2D eigenvalue weighted by atomic mass is 79.9. The Morgan fingerprint density at radius 3 is 2.42 bits per heavy atom. The van der Waals surface area contributed by atoms with Gasteiger partial charge in [-0.25, -0.2) is 4.68 Å². The Morgan fingerprint density at radius 2 is 1.79 bits per heavy atom. The number of para-hydroxylation sites is 1. The molecule has 3 aromatic rings. The van der Waals surface area contributed by atoms with Crippen LogP contribution in [0.25, 0.3) is 5.69 Å². The van der Waals surface area contributed by atoms with Gasteiger partial charge in [0.25, 0.3) is 5.56 Å². The molecule has 2 aromatic carbocycles. The van der Waals surface area contributed by atoms with E-state index in [-0.39, 0.29) is 5.56 Å². The van der Waals surface area contributed by atoms with Gasteiger partial charge >= 0.3 is 0 Å². The van der Waals surface area contributed by atoms with Crippen molar-refractivity contribution in [2.45, 2.75) is 39.3 Å². The summed E-state index contributed by atoms with van der Waals surface area (Å²) in [6.45, 7) is 6.29. The zero-order valence-corrected chi connectivity index (χ0v) is 20.5. The average molecular weight is 509 g/mol. The number of ether oxygens (including phenoxy) is 1. The first kappa shape index (κ1) is 23.3. The van der Waals surface area contributed by atoms with E-state index in [9.17, 15) is 4.79 Å². The molecule has 172 valence electrons. The molecule has 0 aliphatic carbocycles. The molecule has 33 heavy (non-hydrogen) atoms. The van der Waals surface area contributed by atoms with Gasteiger partial charge in [-0.1, -0.05) is 18.2 Å². The third-order valence-corrected chi connectivity index (χ3v) is 7.14. The van der Waals surface area contributed by atoms with Crippen LogP contribution in [-0.4, -0.2) is 34.0 Å². The molecule has 0 amide bonds. The molecule has 0 spiro atoms. The maximum Gasteiger partial charge on any atom is 0.286 e. The zero-order valence-electron chi connectivity index (χ0n) is 18.9. The Kier molecular flexibility index (Phi) is 7.69. The lowest BCUT2D eigenvalue weighted by molar-refractivity contribution is 0.154. The van der Waals surface area contributed by atoms with Gasteiger partial charge in [0.15, 0.2) is 0 Å². The molecule has 7 heteroatoms. The second kappa shape index (κ2) is 10.9. The molecule has 6 nitrogen and oxygen atoms in total. The van der Waals surface area contributed by atoms with Crippen LogP contribution in [0.1, 0.15) is 37.4 Å². The van der Waals surface area contributed by atoms with E-state index in [0.29, 0.717) is 22.6 Å². The first-order valence-electron chi connectivity index (χ1n) is 11.5. The lowest BCUT2D eigenvalue weighted by Crippen LogP contribution is -2.34. The number of benzene rings is 2. The summed E-state index contributed by atoms with van der Waals surface area (Å²) >= 11 is 3.58. The maximum atomic E-state index is 13.0. The fraction of sp³-hybridized carbons (Fsp3) is 0.385. The Hall–Kier alpha value is -2.82. The van der Waals surface area contributed by atoms with E-state index in [1.54, 1.807) is 16.8 Å². The van der Waals surface area contributed by atoms with Gasteiger partial charge in [-0.05, 0) is 97.5 Å². The summed E-state index contributed by atoms with van der Waals surface area (Å²) in [6, 6.07) is 19.2. The van der Waals surface area contributed by atoms with Crippen LogP contribution in [0.5, 0.6) is 5.75 Å². The average Bonchev–Trinajstić information content (AvgIpc) is 3.10. The van der Waals surface area contributed by atoms with Crippen LogP contribution in [0.15, 0.2) is 63.9 Å². The topological polar surface area (TPSA) is 63.2 Å². The van der Waals surface area contributed by atoms with E-state index in [1.807, 2.05) is 42.5 Å². The van der Waals surface area contributed by atoms with Crippen LogP contribution in [0.4, 0.5) is 0 Å². The molecule has 1 saturated heterocycles. The Morgan fingerprint density at radius 1 is 1.09 bits per heavy atom. The predicted molar refractivity (Wildman–Crippen MR) is 133 cm³/mol. The standard InChI is InChI=1S/C26H29BrN4O2/c1-2-30-24(25(27)26(32)31(30)22-6-4-3-5-7-22)19-29-15-12-20(13-16-29)14-17-33-23-10-8-21(18-28)9-11-23/h3-11,20H,2,12-17,19H2,1H3.